The molecule has 50 heavy (non-hydrogen) atoms. The number of ether oxygens (including phenoxy) is 5. The minimum Gasteiger partial charge on any atom is -0.497 e. The SMILES string of the molecule is CCN[C@H]1CO[C@@H]2OC[C@H](OC(=O)N[C@@H](Cc3cc(F)cc(F)c3)[C@H](O)CN3CCCCCCCCOCc4cc(OC)ccc4S3(=O)=O)[C@@H]21. The van der Waals surface area contributed by atoms with Crippen molar-refractivity contribution in [2.45, 2.75) is 94.0 Å². The zero-order valence-electron chi connectivity index (χ0n) is 28.7. The van der Waals surface area contributed by atoms with Crippen LogP contribution in [0.5, 0.6) is 5.75 Å². The number of sulfonamides is 1. The van der Waals surface area contributed by atoms with Crippen molar-refractivity contribution >= 4 is 16.1 Å². The van der Waals surface area contributed by atoms with Gasteiger partial charge in [0, 0.05) is 37.4 Å². The number of methoxy groups -OCH3 is 1. The molecule has 3 aliphatic rings. The minimum atomic E-state index is -4.20. The topological polar surface area (TPSA) is 145 Å². The number of hydrogen-bond acceptors (Lipinski definition) is 10. The third-order valence-corrected chi connectivity index (χ3v) is 11.4. The molecule has 278 valence electrons. The van der Waals surface area contributed by atoms with Crippen molar-refractivity contribution in [1.29, 1.82) is 0 Å². The summed E-state index contributed by atoms with van der Waals surface area (Å²) in [5, 5.41) is 17.7. The van der Waals surface area contributed by atoms with Crippen LogP contribution < -0.4 is 15.4 Å². The van der Waals surface area contributed by atoms with Crippen LogP contribution in [0.3, 0.4) is 0 Å². The Labute approximate surface area is 292 Å². The smallest absolute Gasteiger partial charge is 0.407 e. The third-order valence-electron chi connectivity index (χ3n) is 9.42. The molecule has 3 heterocycles. The van der Waals surface area contributed by atoms with Crippen molar-refractivity contribution in [3.05, 3.63) is 59.2 Å². The van der Waals surface area contributed by atoms with Gasteiger partial charge in [-0.3, -0.25) is 0 Å². The Kier molecular flexibility index (Phi) is 13.8. The number of nitrogens with one attached hydrogen (secondary N) is 2. The molecule has 0 saturated carbocycles. The van der Waals surface area contributed by atoms with Gasteiger partial charge in [-0.05, 0) is 61.7 Å². The number of nitrogens with zero attached hydrogens (tertiary/aromatic N) is 1. The van der Waals surface area contributed by atoms with Gasteiger partial charge in [-0.1, -0.05) is 32.6 Å². The number of β-amino-alcohol motifs (C(OH)–C–C–N with tert-alkyl or cyclic N) is 1. The molecule has 15 heteroatoms. The lowest BCUT2D eigenvalue weighted by Crippen LogP contribution is -2.52. The largest absolute Gasteiger partial charge is 0.497 e. The summed E-state index contributed by atoms with van der Waals surface area (Å²) in [6, 6.07) is 6.29. The summed E-state index contributed by atoms with van der Waals surface area (Å²) in [5.74, 6) is -1.44. The van der Waals surface area contributed by atoms with E-state index in [9.17, 15) is 27.1 Å². The molecule has 2 fully saturated rings. The molecule has 0 bridgehead atoms. The summed E-state index contributed by atoms with van der Waals surface area (Å²) in [4.78, 5) is 13.4. The lowest BCUT2D eigenvalue weighted by atomic mass is 9.98. The summed E-state index contributed by atoms with van der Waals surface area (Å²) in [5.41, 5.74) is 0.573. The molecule has 3 aliphatic heterocycles. The normalized spacial score (nSPS) is 25.9. The van der Waals surface area contributed by atoms with Gasteiger partial charge in [0.25, 0.3) is 0 Å². The highest BCUT2D eigenvalue weighted by Crippen LogP contribution is 2.34. The van der Waals surface area contributed by atoms with Crippen LogP contribution in [0.25, 0.3) is 0 Å². The molecule has 3 N–H and O–H groups in total. The van der Waals surface area contributed by atoms with E-state index >= 15 is 0 Å². The third kappa shape index (κ3) is 9.90. The number of fused-ring (bicyclic) bond motifs is 2. The van der Waals surface area contributed by atoms with E-state index in [-0.39, 0.29) is 48.6 Å². The fourth-order valence-corrected chi connectivity index (χ4v) is 8.56. The van der Waals surface area contributed by atoms with Crippen LogP contribution in [0.2, 0.25) is 0 Å². The van der Waals surface area contributed by atoms with E-state index in [0.717, 1.165) is 50.3 Å². The number of aliphatic hydroxyl groups excluding tert-OH is 1. The van der Waals surface area contributed by atoms with Crippen molar-refractivity contribution < 1.29 is 50.8 Å². The van der Waals surface area contributed by atoms with E-state index in [0.29, 0.717) is 37.5 Å². The number of hydrogen-bond donors (Lipinski definition) is 3. The van der Waals surface area contributed by atoms with Crippen LogP contribution in [0.1, 0.15) is 56.6 Å². The van der Waals surface area contributed by atoms with Crippen LogP contribution in [-0.2, 0) is 42.0 Å². The summed E-state index contributed by atoms with van der Waals surface area (Å²) < 4.78 is 86.6. The van der Waals surface area contributed by atoms with E-state index in [1.165, 1.54) is 17.5 Å². The number of alkyl carbamates (subject to hydrolysis) is 1. The van der Waals surface area contributed by atoms with E-state index in [4.69, 9.17) is 23.7 Å². The van der Waals surface area contributed by atoms with Gasteiger partial charge in [-0.2, -0.15) is 4.31 Å². The number of aliphatic hydroxyl groups is 1. The molecule has 6 atom stereocenters. The first-order valence-electron chi connectivity index (χ1n) is 17.4. The quantitative estimate of drug-likeness (QED) is 0.330. The average Bonchev–Trinajstić information content (AvgIpc) is 3.66. The zero-order valence-corrected chi connectivity index (χ0v) is 29.5. The summed E-state index contributed by atoms with van der Waals surface area (Å²) in [6.07, 6.45) is 1.29. The molecule has 0 radical (unpaired) electrons. The van der Waals surface area contributed by atoms with Crippen LogP contribution in [0.15, 0.2) is 41.3 Å². The summed E-state index contributed by atoms with van der Waals surface area (Å²) in [6.45, 7) is 3.36. The van der Waals surface area contributed by atoms with Crippen molar-refractivity contribution in [3.8, 4) is 5.75 Å². The number of halogens is 2. The van der Waals surface area contributed by atoms with Crippen LogP contribution in [-0.4, -0.2) is 101 Å². The zero-order chi connectivity index (χ0) is 35.7. The van der Waals surface area contributed by atoms with E-state index < -0.39 is 58.8 Å². The summed E-state index contributed by atoms with van der Waals surface area (Å²) in [7, 11) is -2.71. The van der Waals surface area contributed by atoms with Crippen LogP contribution in [0, 0.1) is 17.6 Å². The Bertz CT molecular complexity index is 1510. The molecule has 2 saturated heterocycles. The van der Waals surface area contributed by atoms with Crippen molar-refractivity contribution in [2.75, 3.05) is 46.6 Å². The Balaban J connectivity index is 1.39. The van der Waals surface area contributed by atoms with Gasteiger partial charge in [0.2, 0.25) is 10.0 Å². The van der Waals surface area contributed by atoms with E-state index in [1.54, 1.807) is 12.1 Å². The number of likely N-dealkylation sites (N-methyl/N-ethyl adjacent to an activating group) is 1. The van der Waals surface area contributed by atoms with Gasteiger partial charge in [0.05, 0.1) is 49.9 Å². The first-order chi connectivity index (χ1) is 24.1. The standard InChI is InChI=1S/C35H49F2N3O9S/c1-3-38-29-21-47-34-33(29)31(22-48-34)49-35(42)39-28(16-23-14-25(36)18-26(37)15-23)30(41)19-40-12-8-6-4-5-7-9-13-46-20-24-17-27(45-2)10-11-32(24)50(40,43)44/h10-11,14-15,17-18,28-31,33-34,38,41H,3-9,12-13,16,19-22H2,1-2H3,(H,39,42)/t28-,29-,30+,31-,33-,34+/m0/s1. The van der Waals surface area contributed by atoms with Crippen molar-refractivity contribution in [2.24, 2.45) is 5.92 Å². The number of amides is 1. The number of carbonyl (C=O) groups is 1. The molecule has 2 aromatic rings. The average molecular weight is 726 g/mol. The van der Waals surface area contributed by atoms with Gasteiger partial charge >= 0.3 is 6.09 Å². The predicted octanol–water partition coefficient (Wildman–Crippen LogP) is 3.88. The van der Waals surface area contributed by atoms with Crippen LogP contribution >= 0.6 is 0 Å². The second-order valence-electron chi connectivity index (χ2n) is 13.0. The molecule has 2 aromatic carbocycles. The number of rotatable bonds is 10. The van der Waals surface area contributed by atoms with Crippen LogP contribution in [0.4, 0.5) is 13.6 Å². The molecular formula is C35H49F2N3O9S. The molecule has 0 spiro atoms. The number of carbonyl (C=O) groups excluding carboxylic acids is 1. The Hall–Kier alpha value is -2.92. The van der Waals surface area contributed by atoms with Gasteiger partial charge in [-0.25, -0.2) is 22.0 Å². The van der Waals surface area contributed by atoms with E-state index in [1.807, 2.05) is 6.92 Å². The molecule has 12 nitrogen and oxygen atoms in total. The Morgan fingerprint density at radius 1 is 1.04 bits per heavy atom. The monoisotopic (exact) mass is 725 g/mol. The second-order valence-corrected chi connectivity index (χ2v) is 14.9. The molecular weight excluding hydrogens is 676 g/mol. The highest BCUT2D eigenvalue weighted by Gasteiger charge is 2.49. The van der Waals surface area contributed by atoms with Gasteiger partial charge < -0.3 is 39.4 Å². The fraction of sp³-hybridized carbons (Fsp3) is 0.629. The first kappa shape index (κ1) is 38.3. The maximum Gasteiger partial charge on any atom is 0.407 e. The molecule has 5 rings (SSSR count). The Morgan fingerprint density at radius 3 is 2.50 bits per heavy atom. The molecule has 0 aliphatic carbocycles. The molecule has 0 unspecified atom stereocenters. The fourth-order valence-electron chi connectivity index (χ4n) is 6.88. The highest BCUT2D eigenvalue weighted by atomic mass is 32.2. The van der Waals surface area contributed by atoms with E-state index in [2.05, 4.69) is 10.6 Å². The maximum atomic E-state index is 14.3. The first-order valence-corrected chi connectivity index (χ1v) is 18.8. The Morgan fingerprint density at radius 2 is 1.76 bits per heavy atom. The maximum absolute atomic E-state index is 14.3. The highest BCUT2D eigenvalue weighted by molar-refractivity contribution is 7.89. The van der Waals surface area contributed by atoms with Gasteiger partial charge in [0.1, 0.15) is 23.5 Å². The number of benzene rings is 2. The second kappa shape index (κ2) is 18.0. The minimum absolute atomic E-state index is 0.0171. The lowest BCUT2D eigenvalue weighted by Gasteiger charge is -2.31. The van der Waals surface area contributed by atoms with Crippen molar-refractivity contribution in [3.63, 3.8) is 0 Å². The molecule has 0 aromatic heterocycles. The van der Waals surface area contributed by atoms with Gasteiger partial charge in [0.15, 0.2) is 6.29 Å². The van der Waals surface area contributed by atoms with Gasteiger partial charge in [-0.15, -0.1) is 0 Å². The molecule has 1 amide bonds. The van der Waals surface area contributed by atoms with Crippen molar-refractivity contribution in [1.82, 2.24) is 14.9 Å². The predicted molar refractivity (Wildman–Crippen MR) is 179 cm³/mol. The lowest BCUT2D eigenvalue weighted by molar-refractivity contribution is -0.0908. The summed E-state index contributed by atoms with van der Waals surface area (Å²) >= 11 is 0.